The zero-order valence-corrected chi connectivity index (χ0v) is 18.2. The number of nitrogens with one attached hydrogen (secondary N) is 2. The molecule has 2 aliphatic rings. The van der Waals surface area contributed by atoms with E-state index in [9.17, 15) is 13.5 Å². The summed E-state index contributed by atoms with van der Waals surface area (Å²) in [5, 5.41) is 16.7. The van der Waals surface area contributed by atoms with Crippen molar-refractivity contribution in [3.63, 3.8) is 0 Å². The molecule has 0 spiro atoms. The van der Waals surface area contributed by atoms with Gasteiger partial charge in [0.2, 0.25) is 0 Å². The maximum atomic E-state index is 15.2. The third-order valence-corrected chi connectivity index (χ3v) is 7.71. The van der Waals surface area contributed by atoms with Gasteiger partial charge in [-0.05, 0) is 36.1 Å². The van der Waals surface area contributed by atoms with E-state index in [0.717, 1.165) is 0 Å². The van der Waals surface area contributed by atoms with Gasteiger partial charge in [0.1, 0.15) is 29.6 Å². The molecule has 2 aromatic rings. The highest BCUT2D eigenvalue weighted by Crippen LogP contribution is 2.48. The maximum absolute atomic E-state index is 15.2. The fraction of sp³-hybridized carbons (Fsp3) is 0.304. The largest absolute Gasteiger partial charge is 0.506 e. The van der Waals surface area contributed by atoms with Gasteiger partial charge in [-0.2, -0.15) is 0 Å². The minimum atomic E-state index is -3.72. The summed E-state index contributed by atoms with van der Waals surface area (Å²) in [6.45, 7) is 7.56. The number of phenols is 1. The van der Waals surface area contributed by atoms with Gasteiger partial charge in [-0.1, -0.05) is 32.6 Å². The van der Waals surface area contributed by atoms with Crippen LogP contribution in [0.5, 0.6) is 11.5 Å². The van der Waals surface area contributed by atoms with Gasteiger partial charge in [0.25, 0.3) is 0 Å². The number of benzene rings is 2. The maximum Gasteiger partial charge on any atom is 0.179 e. The summed E-state index contributed by atoms with van der Waals surface area (Å²) in [5.41, 5.74) is 0.987. The van der Waals surface area contributed by atoms with Crippen LogP contribution in [0.1, 0.15) is 31.9 Å². The first kappa shape index (κ1) is 21.2. The van der Waals surface area contributed by atoms with E-state index in [-0.39, 0.29) is 28.6 Å². The normalized spacial score (nSPS) is 21.1. The van der Waals surface area contributed by atoms with Crippen LogP contribution in [0, 0.1) is 11.2 Å². The molecule has 0 aromatic heterocycles. The molecule has 0 fully saturated rings. The molecule has 4 rings (SSSR count). The highest BCUT2D eigenvalue weighted by atomic mass is 32.2. The number of hydrogen-bond donors (Lipinski definition) is 3. The van der Waals surface area contributed by atoms with Gasteiger partial charge >= 0.3 is 0 Å². The molecule has 0 radical (unpaired) electrons. The van der Waals surface area contributed by atoms with E-state index in [1.807, 2.05) is 13.8 Å². The molecule has 1 atom stereocenters. The summed E-state index contributed by atoms with van der Waals surface area (Å²) in [7, 11) is -3.72. The number of anilines is 2. The lowest BCUT2D eigenvalue weighted by atomic mass is 9.88. The van der Waals surface area contributed by atoms with Crippen LogP contribution in [0.4, 0.5) is 15.8 Å². The third-order valence-electron chi connectivity index (χ3n) is 5.40. The van der Waals surface area contributed by atoms with Crippen LogP contribution in [0.25, 0.3) is 0 Å². The van der Waals surface area contributed by atoms with Crippen molar-refractivity contribution in [2.24, 2.45) is 5.41 Å². The standard InChI is InChI=1S/C23H25FN2O4S/c1-4-10-30-14-8-9-15(16(24)11-14)20-22-18(12-23(2,3)13-31(22,28)29)26-21-17(25-20)6-5-7-19(21)27/h4-9,11,20,25-27H,1,10,12-13H2,2-3H3/t20-/m1/s1. The van der Waals surface area contributed by atoms with E-state index in [2.05, 4.69) is 17.2 Å². The molecule has 3 N–H and O–H groups in total. The van der Waals surface area contributed by atoms with Crippen molar-refractivity contribution in [1.29, 1.82) is 0 Å². The number of hydrogen-bond acceptors (Lipinski definition) is 6. The van der Waals surface area contributed by atoms with E-state index in [4.69, 9.17) is 4.74 Å². The highest BCUT2D eigenvalue weighted by Gasteiger charge is 2.43. The van der Waals surface area contributed by atoms with Crippen molar-refractivity contribution in [3.05, 3.63) is 71.0 Å². The Bertz CT molecular complexity index is 1190. The van der Waals surface area contributed by atoms with Gasteiger partial charge in [0, 0.05) is 17.3 Å². The molecule has 6 nitrogen and oxygen atoms in total. The number of sulfone groups is 1. The van der Waals surface area contributed by atoms with Gasteiger partial charge in [-0.25, -0.2) is 12.8 Å². The molecule has 2 heterocycles. The van der Waals surface area contributed by atoms with Crippen LogP contribution in [0.15, 0.2) is 59.7 Å². The van der Waals surface area contributed by atoms with Crippen molar-refractivity contribution in [3.8, 4) is 11.5 Å². The lowest BCUT2D eigenvalue weighted by Crippen LogP contribution is -2.35. The first-order valence-corrected chi connectivity index (χ1v) is 11.6. The van der Waals surface area contributed by atoms with Crippen LogP contribution >= 0.6 is 0 Å². The summed E-state index contributed by atoms with van der Waals surface area (Å²) in [4.78, 5) is 0.0982. The number of aromatic hydroxyl groups is 1. The van der Waals surface area contributed by atoms with Crippen molar-refractivity contribution in [2.45, 2.75) is 26.3 Å². The van der Waals surface area contributed by atoms with Crippen LogP contribution in [-0.4, -0.2) is 25.9 Å². The zero-order valence-electron chi connectivity index (χ0n) is 17.4. The Labute approximate surface area is 181 Å². The van der Waals surface area contributed by atoms with E-state index in [1.165, 1.54) is 18.2 Å². The van der Waals surface area contributed by atoms with Crippen molar-refractivity contribution in [1.82, 2.24) is 0 Å². The van der Waals surface area contributed by atoms with Gasteiger partial charge in [0.15, 0.2) is 9.84 Å². The summed E-state index contributed by atoms with van der Waals surface area (Å²) >= 11 is 0. The second-order valence-corrected chi connectivity index (χ2v) is 10.6. The molecule has 0 amide bonds. The first-order chi connectivity index (χ1) is 14.6. The number of para-hydroxylation sites is 1. The quantitative estimate of drug-likeness (QED) is 0.467. The van der Waals surface area contributed by atoms with Gasteiger partial charge < -0.3 is 20.5 Å². The van der Waals surface area contributed by atoms with Gasteiger partial charge in [-0.3, -0.25) is 0 Å². The number of fused-ring (bicyclic) bond motifs is 1. The molecule has 0 bridgehead atoms. The first-order valence-electron chi connectivity index (χ1n) is 9.96. The monoisotopic (exact) mass is 444 g/mol. The Morgan fingerprint density at radius 3 is 2.81 bits per heavy atom. The molecule has 0 saturated heterocycles. The third kappa shape index (κ3) is 3.99. The molecular weight excluding hydrogens is 419 g/mol. The smallest absolute Gasteiger partial charge is 0.179 e. The predicted molar refractivity (Wildman–Crippen MR) is 119 cm³/mol. The average molecular weight is 445 g/mol. The topological polar surface area (TPSA) is 87.7 Å². The summed E-state index contributed by atoms with van der Waals surface area (Å²) in [6.07, 6.45) is 2.00. The molecule has 2 aliphatic heterocycles. The van der Waals surface area contributed by atoms with Crippen LogP contribution in [-0.2, 0) is 9.84 Å². The number of ether oxygens (including phenoxy) is 1. The predicted octanol–water partition coefficient (Wildman–Crippen LogP) is 4.73. The van der Waals surface area contributed by atoms with Crippen molar-refractivity contribution >= 4 is 21.2 Å². The van der Waals surface area contributed by atoms with Gasteiger partial charge in [-0.15, -0.1) is 0 Å². The fourth-order valence-electron chi connectivity index (χ4n) is 4.23. The second kappa shape index (κ2) is 7.60. The Kier molecular flexibility index (Phi) is 5.21. The van der Waals surface area contributed by atoms with Crippen LogP contribution in [0.2, 0.25) is 0 Å². The molecule has 164 valence electrons. The van der Waals surface area contributed by atoms with Crippen molar-refractivity contribution < 1.29 is 22.7 Å². The van der Waals surface area contributed by atoms with E-state index >= 15 is 4.39 Å². The SMILES string of the molecule is C=CCOc1ccc([C@H]2Nc3cccc(O)c3NC3=C2S(=O)(=O)CC(C)(C)C3)c(F)c1. The Balaban J connectivity index is 1.90. The molecule has 0 aliphatic carbocycles. The van der Waals surface area contributed by atoms with Crippen molar-refractivity contribution in [2.75, 3.05) is 23.0 Å². The Hall–Kier alpha value is -3.00. The van der Waals surface area contributed by atoms with Gasteiger partial charge in [0.05, 0.1) is 22.4 Å². The van der Waals surface area contributed by atoms with Crippen LogP contribution in [0.3, 0.4) is 0 Å². The summed E-state index contributed by atoms with van der Waals surface area (Å²) in [6, 6.07) is 8.28. The zero-order chi connectivity index (χ0) is 22.4. The highest BCUT2D eigenvalue weighted by molar-refractivity contribution is 7.95. The minimum Gasteiger partial charge on any atom is -0.506 e. The number of halogens is 1. The number of allylic oxidation sites excluding steroid dienone is 1. The lowest BCUT2D eigenvalue weighted by Gasteiger charge is -2.34. The lowest BCUT2D eigenvalue weighted by molar-refractivity contribution is 0.360. The molecule has 0 saturated carbocycles. The Morgan fingerprint density at radius 1 is 1.32 bits per heavy atom. The minimum absolute atomic E-state index is 0.0214. The van der Waals surface area contributed by atoms with E-state index < -0.39 is 27.1 Å². The summed E-state index contributed by atoms with van der Waals surface area (Å²) < 4.78 is 47.3. The van der Waals surface area contributed by atoms with E-state index in [1.54, 1.807) is 24.3 Å². The summed E-state index contributed by atoms with van der Waals surface area (Å²) in [5.74, 6) is -0.336. The molecule has 0 unspecified atom stereocenters. The van der Waals surface area contributed by atoms with Crippen LogP contribution < -0.4 is 15.4 Å². The van der Waals surface area contributed by atoms with E-state index in [0.29, 0.717) is 29.2 Å². The fourth-order valence-corrected chi connectivity index (χ4v) is 6.56. The number of phenolic OH excluding ortho intramolecular Hbond substituents is 1. The average Bonchev–Trinajstić information content (AvgIpc) is 2.82. The number of rotatable bonds is 4. The molecule has 31 heavy (non-hydrogen) atoms. The molecule has 2 aromatic carbocycles. The Morgan fingerprint density at radius 2 is 2.10 bits per heavy atom. The second-order valence-electron chi connectivity index (χ2n) is 8.63. The molecular formula is C23H25FN2O4S. The molecule has 8 heteroatoms.